The van der Waals surface area contributed by atoms with Gasteiger partial charge in [-0.1, -0.05) is 12.1 Å². The highest BCUT2D eigenvalue weighted by Crippen LogP contribution is 2.21. The molecule has 1 atom stereocenters. The van der Waals surface area contributed by atoms with Gasteiger partial charge in [0.15, 0.2) is 0 Å². The van der Waals surface area contributed by atoms with Crippen molar-refractivity contribution in [2.24, 2.45) is 5.92 Å². The first-order valence-corrected chi connectivity index (χ1v) is 6.75. The van der Waals surface area contributed by atoms with Gasteiger partial charge < -0.3 is 9.84 Å². The van der Waals surface area contributed by atoms with Gasteiger partial charge in [-0.2, -0.15) is 0 Å². The highest BCUT2D eigenvalue weighted by Gasteiger charge is 2.27. The van der Waals surface area contributed by atoms with Gasteiger partial charge in [0.05, 0.1) is 12.0 Å². The molecule has 2 rings (SSSR count). The van der Waals surface area contributed by atoms with Gasteiger partial charge in [0.1, 0.15) is 5.75 Å². The van der Waals surface area contributed by atoms with Gasteiger partial charge >= 0.3 is 5.97 Å². The summed E-state index contributed by atoms with van der Waals surface area (Å²) in [5.74, 6) is -0.0176. The number of benzene rings is 1. The number of carboxylic acid groups (broad SMARTS) is 1. The Morgan fingerprint density at radius 2 is 2.32 bits per heavy atom. The summed E-state index contributed by atoms with van der Waals surface area (Å²) in [7, 11) is 0. The minimum Gasteiger partial charge on any atom is -0.491 e. The van der Waals surface area contributed by atoms with Crippen molar-refractivity contribution in [3.05, 3.63) is 29.8 Å². The molecule has 0 saturated carbocycles. The van der Waals surface area contributed by atoms with Gasteiger partial charge in [-0.15, -0.1) is 0 Å². The number of hydrogen-bond acceptors (Lipinski definition) is 3. The third-order valence-corrected chi connectivity index (χ3v) is 3.30. The Kier molecular flexibility index (Phi) is 4.43. The fourth-order valence-electron chi connectivity index (χ4n) is 2.43. The quantitative estimate of drug-likeness (QED) is 0.886. The summed E-state index contributed by atoms with van der Waals surface area (Å²) in [4.78, 5) is 13.1. The van der Waals surface area contributed by atoms with Gasteiger partial charge in [0, 0.05) is 13.1 Å². The van der Waals surface area contributed by atoms with E-state index in [1.54, 1.807) is 0 Å². The molecular weight excluding hydrogens is 242 g/mol. The number of hydrogen-bond donors (Lipinski definition) is 1. The molecule has 4 heteroatoms. The minimum atomic E-state index is -0.681. The maximum Gasteiger partial charge on any atom is 0.307 e. The number of ether oxygens (including phenoxy) is 1. The largest absolute Gasteiger partial charge is 0.491 e. The van der Waals surface area contributed by atoms with Gasteiger partial charge in [0.25, 0.3) is 0 Å². The summed E-state index contributed by atoms with van der Waals surface area (Å²) < 4.78 is 5.67. The molecule has 0 spiro atoms. The van der Waals surface area contributed by atoms with E-state index < -0.39 is 5.97 Å². The van der Waals surface area contributed by atoms with E-state index >= 15 is 0 Å². The summed E-state index contributed by atoms with van der Waals surface area (Å²) in [6.07, 6.45) is 0.913. The molecule has 19 heavy (non-hydrogen) atoms. The van der Waals surface area contributed by atoms with Gasteiger partial charge in [-0.3, -0.25) is 9.69 Å². The van der Waals surface area contributed by atoms with E-state index in [1.165, 1.54) is 5.56 Å². The molecule has 1 aromatic carbocycles. The summed E-state index contributed by atoms with van der Waals surface area (Å²) in [5.41, 5.74) is 1.17. The maximum atomic E-state index is 10.9. The Labute approximate surface area is 114 Å². The van der Waals surface area contributed by atoms with Crippen LogP contribution in [0.2, 0.25) is 0 Å². The van der Waals surface area contributed by atoms with Crippen LogP contribution in [0, 0.1) is 5.92 Å². The molecule has 0 aromatic heterocycles. The van der Waals surface area contributed by atoms with E-state index in [4.69, 9.17) is 9.84 Å². The van der Waals surface area contributed by atoms with Crippen molar-refractivity contribution in [3.63, 3.8) is 0 Å². The molecule has 104 valence electrons. The zero-order chi connectivity index (χ0) is 13.8. The second-order valence-electron chi connectivity index (χ2n) is 5.37. The maximum absolute atomic E-state index is 10.9. The lowest BCUT2D eigenvalue weighted by Crippen LogP contribution is -2.22. The lowest BCUT2D eigenvalue weighted by molar-refractivity contribution is -0.141. The van der Waals surface area contributed by atoms with Gasteiger partial charge in [0.2, 0.25) is 0 Å². The summed E-state index contributed by atoms with van der Waals surface area (Å²) in [5, 5.41) is 8.99. The summed E-state index contributed by atoms with van der Waals surface area (Å²) >= 11 is 0. The van der Waals surface area contributed by atoms with Gasteiger partial charge in [-0.05, 0) is 44.5 Å². The summed E-state index contributed by atoms with van der Waals surface area (Å²) in [6, 6.07) is 8.03. The van der Waals surface area contributed by atoms with Crippen molar-refractivity contribution in [2.45, 2.75) is 32.9 Å². The number of carboxylic acids is 1. The Morgan fingerprint density at radius 3 is 2.95 bits per heavy atom. The van der Waals surface area contributed by atoms with E-state index in [2.05, 4.69) is 11.0 Å². The fraction of sp³-hybridized carbons (Fsp3) is 0.533. The second-order valence-corrected chi connectivity index (χ2v) is 5.37. The lowest BCUT2D eigenvalue weighted by Gasteiger charge is -2.16. The van der Waals surface area contributed by atoms with Crippen LogP contribution in [0.4, 0.5) is 0 Å². The predicted octanol–water partition coefficient (Wildman–Crippen LogP) is 2.38. The molecule has 0 bridgehead atoms. The molecule has 0 amide bonds. The highest BCUT2D eigenvalue weighted by atomic mass is 16.5. The molecular formula is C15H21NO3. The third kappa shape index (κ3) is 3.96. The minimum absolute atomic E-state index is 0.165. The molecule has 1 aromatic rings. The molecule has 1 aliphatic heterocycles. The Morgan fingerprint density at radius 1 is 1.53 bits per heavy atom. The smallest absolute Gasteiger partial charge is 0.307 e. The normalized spacial score (nSPS) is 19.8. The zero-order valence-corrected chi connectivity index (χ0v) is 11.5. The number of likely N-dealkylation sites (tertiary alicyclic amines) is 1. The van der Waals surface area contributed by atoms with E-state index in [0.717, 1.165) is 25.3 Å². The average molecular weight is 263 g/mol. The van der Waals surface area contributed by atoms with Crippen LogP contribution >= 0.6 is 0 Å². The van der Waals surface area contributed by atoms with Crippen molar-refractivity contribution in [3.8, 4) is 5.75 Å². The molecule has 1 aliphatic rings. The molecule has 1 fully saturated rings. The Balaban J connectivity index is 1.94. The predicted molar refractivity (Wildman–Crippen MR) is 73.2 cm³/mol. The van der Waals surface area contributed by atoms with Crippen molar-refractivity contribution in [2.75, 3.05) is 13.1 Å². The van der Waals surface area contributed by atoms with Crippen molar-refractivity contribution in [1.29, 1.82) is 0 Å². The monoisotopic (exact) mass is 263 g/mol. The van der Waals surface area contributed by atoms with Gasteiger partial charge in [-0.25, -0.2) is 0 Å². The first-order chi connectivity index (χ1) is 9.04. The van der Waals surface area contributed by atoms with Crippen LogP contribution in [0.1, 0.15) is 25.8 Å². The van der Waals surface area contributed by atoms with E-state index in [0.29, 0.717) is 6.54 Å². The van der Waals surface area contributed by atoms with Crippen molar-refractivity contribution < 1.29 is 14.6 Å². The number of rotatable bonds is 5. The van der Waals surface area contributed by atoms with Crippen molar-refractivity contribution >= 4 is 5.97 Å². The van der Waals surface area contributed by atoms with E-state index in [1.807, 2.05) is 32.0 Å². The third-order valence-electron chi connectivity index (χ3n) is 3.30. The number of aliphatic carboxylic acids is 1. The number of nitrogens with zero attached hydrogens (tertiary/aromatic N) is 1. The Hall–Kier alpha value is -1.55. The molecule has 1 saturated heterocycles. The zero-order valence-electron chi connectivity index (χ0n) is 11.5. The molecule has 0 aliphatic carbocycles. The standard InChI is InChI=1S/C15H21NO3/c1-11(2)19-14-5-3-4-12(8-14)9-16-7-6-13(10-16)15(17)18/h3-5,8,11,13H,6-7,9-10H2,1-2H3,(H,17,18)/t13-/m0/s1. The number of carbonyl (C=O) groups is 1. The average Bonchev–Trinajstić information content (AvgIpc) is 2.77. The van der Waals surface area contributed by atoms with Crippen molar-refractivity contribution in [1.82, 2.24) is 4.90 Å². The van der Waals surface area contributed by atoms with Crippen LogP contribution in [0.5, 0.6) is 5.75 Å². The summed E-state index contributed by atoms with van der Waals surface area (Å²) in [6.45, 7) is 6.30. The Bertz CT molecular complexity index is 445. The van der Waals surface area contributed by atoms with Crippen LogP contribution in [-0.2, 0) is 11.3 Å². The van der Waals surface area contributed by atoms with Crippen LogP contribution in [0.25, 0.3) is 0 Å². The SMILES string of the molecule is CC(C)Oc1cccc(CN2CC[C@H](C(=O)O)C2)c1. The van der Waals surface area contributed by atoms with E-state index in [9.17, 15) is 4.79 Å². The van der Waals surface area contributed by atoms with Crippen LogP contribution < -0.4 is 4.74 Å². The first kappa shape index (κ1) is 13.9. The van der Waals surface area contributed by atoms with E-state index in [-0.39, 0.29) is 12.0 Å². The topological polar surface area (TPSA) is 49.8 Å². The highest BCUT2D eigenvalue weighted by molar-refractivity contribution is 5.70. The fourth-order valence-corrected chi connectivity index (χ4v) is 2.43. The molecule has 1 N–H and O–H groups in total. The van der Waals surface area contributed by atoms with Crippen LogP contribution in [0.15, 0.2) is 24.3 Å². The second kappa shape index (κ2) is 6.06. The van der Waals surface area contributed by atoms with Crippen LogP contribution in [0.3, 0.4) is 0 Å². The molecule has 0 radical (unpaired) electrons. The molecule has 0 unspecified atom stereocenters. The lowest BCUT2D eigenvalue weighted by atomic mass is 10.1. The van der Waals surface area contributed by atoms with Crippen LogP contribution in [-0.4, -0.2) is 35.2 Å². The molecule has 4 nitrogen and oxygen atoms in total. The first-order valence-electron chi connectivity index (χ1n) is 6.75. The molecule has 1 heterocycles.